The van der Waals surface area contributed by atoms with Crippen molar-refractivity contribution >= 4 is 21.6 Å². The maximum absolute atomic E-state index is 13.2. The summed E-state index contributed by atoms with van der Waals surface area (Å²) in [5.41, 5.74) is 4.91. The number of halogens is 1. The topological polar surface area (TPSA) is 92.5 Å². The van der Waals surface area contributed by atoms with Gasteiger partial charge in [-0.2, -0.15) is 0 Å². The van der Waals surface area contributed by atoms with E-state index in [-0.39, 0.29) is 10.8 Å². The van der Waals surface area contributed by atoms with Crippen molar-refractivity contribution in [2.75, 3.05) is 25.9 Å². The number of amides is 1. The minimum Gasteiger partial charge on any atom is -0.395 e. The number of nitrogens with one attached hydrogen (secondary N) is 1. The van der Waals surface area contributed by atoms with Crippen molar-refractivity contribution in [1.29, 1.82) is 0 Å². The highest BCUT2D eigenvalue weighted by molar-refractivity contribution is 7.89. The summed E-state index contributed by atoms with van der Waals surface area (Å²) in [4.78, 5) is 12.5. The lowest BCUT2D eigenvalue weighted by molar-refractivity contribution is -0.128. The molecule has 19 heavy (non-hydrogen) atoms. The van der Waals surface area contributed by atoms with Crippen LogP contribution >= 0.6 is 0 Å². The molecule has 0 aliphatic heterocycles. The van der Waals surface area contributed by atoms with Crippen molar-refractivity contribution in [1.82, 2.24) is 9.62 Å². The summed E-state index contributed by atoms with van der Waals surface area (Å²) < 4.78 is 39.1. The number of sulfonamides is 1. The zero-order valence-corrected chi connectivity index (χ0v) is 11.5. The second kappa shape index (κ2) is 5.98. The molecule has 0 unspecified atom stereocenters. The van der Waals surface area contributed by atoms with Crippen LogP contribution in [0.1, 0.15) is 6.92 Å². The van der Waals surface area contributed by atoms with Gasteiger partial charge in [0.1, 0.15) is 10.7 Å². The number of para-hydroxylation sites is 1. The smallest absolute Gasteiger partial charge is 0.243 e. The molecule has 6 nitrogen and oxygen atoms in total. The van der Waals surface area contributed by atoms with Gasteiger partial charge in [0.05, 0.1) is 12.2 Å². The van der Waals surface area contributed by atoms with Gasteiger partial charge < -0.3 is 10.6 Å². The van der Waals surface area contributed by atoms with Gasteiger partial charge in [-0.25, -0.2) is 17.5 Å². The SMILES string of the molecule is CCN(C)C(=O)CNS(=O)(=O)c1cccc(F)c1N. The molecule has 0 heterocycles. The Hall–Kier alpha value is -1.67. The van der Waals surface area contributed by atoms with E-state index in [1.165, 1.54) is 17.0 Å². The second-order valence-electron chi connectivity index (χ2n) is 3.88. The average Bonchev–Trinajstić information content (AvgIpc) is 2.38. The van der Waals surface area contributed by atoms with Gasteiger partial charge in [0.25, 0.3) is 0 Å². The molecule has 0 aliphatic rings. The summed E-state index contributed by atoms with van der Waals surface area (Å²) >= 11 is 0. The molecular formula is C11H16FN3O3S. The lowest BCUT2D eigenvalue weighted by atomic mass is 10.3. The van der Waals surface area contributed by atoms with Crippen molar-refractivity contribution in [2.45, 2.75) is 11.8 Å². The van der Waals surface area contributed by atoms with E-state index in [1.807, 2.05) is 0 Å². The lowest BCUT2D eigenvalue weighted by Crippen LogP contribution is -2.38. The molecule has 0 aromatic heterocycles. The largest absolute Gasteiger partial charge is 0.395 e. The summed E-state index contributed by atoms with van der Waals surface area (Å²) in [7, 11) is -2.46. The molecule has 1 aromatic rings. The fourth-order valence-corrected chi connectivity index (χ4v) is 2.41. The molecule has 0 fully saturated rings. The maximum Gasteiger partial charge on any atom is 0.243 e. The number of anilines is 1. The van der Waals surface area contributed by atoms with Crippen LogP contribution in [0.2, 0.25) is 0 Å². The van der Waals surface area contributed by atoms with Crippen molar-refractivity contribution in [2.24, 2.45) is 0 Å². The van der Waals surface area contributed by atoms with Crippen LogP contribution in [0.3, 0.4) is 0 Å². The van der Waals surface area contributed by atoms with Crippen molar-refractivity contribution in [3.63, 3.8) is 0 Å². The Balaban J connectivity index is 2.88. The minimum absolute atomic E-state index is 0.376. The predicted molar refractivity (Wildman–Crippen MR) is 69.3 cm³/mol. The zero-order chi connectivity index (χ0) is 14.6. The van der Waals surface area contributed by atoms with E-state index in [9.17, 15) is 17.6 Å². The summed E-state index contributed by atoms with van der Waals surface area (Å²) in [5.74, 6) is -1.21. The van der Waals surface area contributed by atoms with E-state index in [1.54, 1.807) is 14.0 Å². The molecule has 8 heteroatoms. The van der Waals surface area contributed by atoms with Crippen LogP contribution in [0.15, 0.2) is 23.1 Å². The highest BCUT2D eigenvalue weighted by atomic mass is 32.2. The number of rotatable bonds is 5. The third-order valence-electron chi connectivity index (χ3n) is 2.62. The number of nitrogen functional groups attached to an aromatic ring is 1. The minimum atomic E-state index is -4.01. The zero-order valence-electron chi connectivity index (χ0n) is 10.7. The van der Waals surface area contributed by atoms with Crippen LogP contribution < -0.4 is 10.5 Å². The first-order valence-electron chi connectivity index (χ1n) is 5.57. The first-order chi connectivity index (χ1) is 8.79. The first-order valence-corrected chi connectivity index (χ1v) is 7.05. The van der Waals surface area contributed by atoms with E-state index in [4.69, 9.17) is 5.73 Å². The monoisotopic (exact) mass is 289 g/mol. The molecule has 0 aliphatic carbocycles. The fourth-order valence-electron chi connectivity index (χ4n) is 1.30. The Morgan fingerprint density at radius 1 is 1.47 bits per heavy atom. The van der Waals surface area contributed by atoms with E-state index in [0.29, 0.717) is 6.54 Å². The van der Waals surface area contributed by atoms with Crippen LogP contribution in [0.5, 0.6) is 0 Å². The number of hydrogen-bond acceptors (Lipinski definition) is 4. The quantitative estimate of drug-likeness (QED) is 0.755. The summed E-state index contributed by atoms with van der Waals surface area (Å²) in [5, 5.41) is 0. The Kier molecular flexibility index (Phi) is 4.84. The summed E-state index contributed by atoms with van der Waals surface area (Å²) in [6, 6.07) is 3.47. The van der Waals surface area contributed by atoms with Crippen molar-refractivity contribution < 1.29 is 17.6 Å². The van der Waals surface area contributed by atoms with Gasteiger partial charge in [-0.05, 0) is 19.1 Å². The molecule has 106 valence electrons. The Morgan fingerprint density at radius 3 is 2.68 bits per heavy atom. The van der Waals surface area contributed by atoms with Crippen LogP contribution in [-0.4, -0.2) is 39.4 Å². The van der Waals surface area contributed by atoms with E-state index in [0.717, 1.165) is 6.07 Å². The fraction of sp³-hybridized carbons (Fsp3) is 0.364. The van der Waals surface area contributed by atoms with Gasteiger partial charge in [-0.3, -0.25) is 4.79 Å². The molecule has 0 spiro atoms. The van der Waals surface area contributed by atoms with Crippen LogP contribution in [0.25, 0.3) is 0 Å². The number of nitrogens with two attached hydrogens (primary N) is 1. The molecule has 1 amide bonds. The van der Waals surface area contributed by atoms with Crippen molar-refractivity contribution in [3.05, 3.63) is 24.0 Å². The number of hydrogen-bond donors (Lipinski definition) is 2. The Labute approximate surface area is 111 Å². The number of benzene rings is 1. The maximum atomic E-state index is 13.2. The summed E-state index contributed by atoms with van der Waals surface area (Å²) in [6.45, 7) is 1.82. The molecular weight excluding hydrogens is 273 g/mol. The molecule has 0 bridgehead atoms. The van der Waals surface area contributed by atoms with Gasteiger partial charge >= 0.3 is 0 Å². The van der Waals surface area contributed by atoms with Crippen LogP contribution in [-0.2, 0) is 14.8 Å². The van der Waals surface area contributed by atoms with Gasteiger partial charge in [-0.1, -0.05) is 6.07 Å². The van der Waals surface area contributed by atoms with Gasteiger partial charge in [0, 0.05) is 13.6 Å². The first kappa shape index (κ1) is 15.4. The van der Waals surface area contributed by atoms with Crippen LogP contribution in [0.4, 0.5) is 10.1 Å². The third-order valence-corrected chi connectivity index (χ3v) is 4.08. The van der Waals surface area contributed by atoms with Crippen molar-refractivity contribution in [3.8, 4) is 0 Å². The third kappa shape index (κ3) is 3.65. The molecule has 0 saturated carbocycles. The Morgan fingerprint density at radius 2 is 2.11 bits per heavy atom. The highest BCUT2D eigenvalue weighted by Crippen LogP contribution is 2.20. The standard InChI is InChI=1S/C11H16FN3O3S/c1-3-15(2)10(16)7-14-19(17,18)9-6-4-5-8(12)11(9)13/h4-6,14H,3,7,13H2,1-2H3. The van der Waals surface area contributed by atoms with Gasteiger partial charge in [0.2, 0.25) is 15.9 Å². The van der Waals surface area contributed by atoms with E-state index >= 15 is 0 Å². The predicted octanol–water partition coefficient (Wildman–Crippen LogP) is 0.165. The normalized spacial score (nSPS) is 11.3. The van der Waals surface area contributed by atoms with E-state index < -0.39 is 28.1 Å². The highest BCUT2D eigenvalue weighted by Gasteiger charge is 2.20. The lowest BCUT2D eigenvalue weighted by Gasteiger charge is -2.15. The van der Waals surface area contributed by atoms with E-state index in [2.05, 4.69) is 4.72 Å². The number of nitrogens with zero attached hydrogens (tertiary/aromatic N) is 1. The number of likely N-dealkylation sites (N-methyl/N-ethyl adjacent to an activating group) is 1. The molecule has 0 saturated heterocycles. The van der Waals surface area contributed by atoms with Crippen LogP contribution in [0, 0.1) is 5.82 Å². The number of carbonyl (C=O) groups excluding carboxylic acids is 1. The summed E-state index contributed by atoms with van der Waals surface area (Å²) in [6.07, 6.45) is 0. The van der Waals surface area contributed by atoms with Gasteiger partial charge in [-0.15, -0.1) is 0 Å². The number of carbonyl (C=O) groups is 1. The Bertz CT molecular complexity index is 575. The molecule has 0 atom stereocenters. The molecule has 3 N–H and O–H groups in total. The average molecular weight is 289 g/mol. The van der Waals surface area contributed by atoms with Gasteiger partial charge in [0.15, 0.2) is 0 Å². The second-order valence-corrected chi connectivity index (χ2v) is 5.62. The molecule has 0 radical (unpaired) electrons. The molecule has 1 aromatic carbocycles. The molecule has 1 rings (SSSR count).